The molecule has 2 amide bonds. The van der Waals surface area contributed by atoms with Crippen molar-refractivity contribution < 1.29 is 27.5 Å². The minimum Gasteiger partial charge on any atom is -0.497 e. The quantitative estimate of drug-likeness (QED) is 0.566. The highest BCUT2D eigenvalue weighted by Crippen LogP contribution is 2.30. The predicted octanol–water partition coefficient (Wildman–Crippen LogP) is 4.84. The standard InChI is InChI=1S/C27H32F3N3O3/c1-36-24-11-9-22(10-12-24)33(25(34)19-31-15-3-2-4-16-31)23-13-17-32(18-14-23)26(35)20-5-7-21(8-6-20)27(28,29)30/h5-12,23H,2-4,13-19H2,1H3. The maximum absolute atomic E-state index is 13.5. The lowest BCUT2D eigenvalue weighted by atomic mass is 10.0. The van der Waals surface area contributed by atoms with Crippen LogP contribution < -0.4 is 9.64 Å². The average molecular weight is 504 g/mol. The van der Waals surface area contributed by atoms with Crippen LogP contribution in [0, 0.1) is 0 Å². The number of nitrogens with zero attached hydrogens (tertiary/aromatic N) is 3. The number of halogens is 3. The van der Waals surface area contributed by atoms with Crippen LogP contribution in [-0.2, 0) is 11.0 Å². The Kier molecular flexibility index (Phi) is 8.18. The fraction of sp³-hybridized carbons (Fsp3) is 0.481. The smallest absolute Gasteiger partial charge is 0.416 e. The molecule has 0 aromatic heterocycles. The summed E-state index contributed by atoms with van der Waals surface area (Å²) >= 11 is 0. The zero-order chi connectivity index (χ0) is 25.7. The number of alkyl halides is 3. The molecule has 2 aromatic rings. The highest BCUT2D eigenvalue weighted by Gasteiger charge is 2.33. The van der Waals surface area contributed by atoms with Crippen molar-refractivity contribution in [1.29, 1.82) is 0 Å². The molecule has 194 valence electrons. The lowest BCUT2D eigenvalue weighted by Gasteiger charge is -2.39. The van der Waals surface area contributed by atoms with E-state index in [1.165, 1.54) is 18.6 Å². The second-order valence-corrected chi connectivity index (χ2v) is 9.40. The summed E-state index contributed by atoms with van der Waals surface area (Å²) in [7, 11) is 1.59. The van der Waals surface area contributed by atoms with Crippen LogP contribution in [0.15, 0.2) is 48.5 Å². The third-order valence-corrected chi connectivity index (χ3v) is 7.00. The summed E-state index contributed by atoms with van der Waals surface area (Å²) in [5.74, 6) is 0.450. The molecule has 6 nitrogen and oxygen atoms in total. The van der Waals surface area contributed by atoms with E-state index in [1.54, 1.807) is 12.0 Å². The first-order valence-corrected chi connectivity index (χ1v) is 12.4. The van der Waals surface area contributed by atoms with Crippen molar-refractivity contribution >= 4 is 17.5 Å². The molecule has 2 aliphatic rings. The van der Waals surface area contributed by atoms with Crippen LogP contribution in [0.5, 0.6) is 5.75 Å². The van der Waals surface area contributed by atoms with Gasteiger partial charge in [0, 0.05) is 30.4 Å². The molecule has 9 heteroatoms. The molecule has 2 aliphatic heterocycles. The number of rotatable bonds is 6. The van der Waals surface area contributed by atoms with Crippen molar-refractivity contribution in [2.45, 2.75) is 44.3 Å². The third-order valence-electron chi connectivity index (χ3n) is 7.00. The number of methoxy groups -OCH3 is 1. The third kappa shape index (κ3) is 6.19. The molecule has 2 fully saturated rings. The minimum absolute atomic E-state index is 0.0367. The fourth-order valence-electron chi connectivity index (χ4n) is 5.00. The van der Waals surface area contributed by atoms with Crippen molar-refractivity contribution in [1.82, 2.24) is 9.80 Å². The number of amides is 2. The molecule has 0 N–H and O–H groups in total. The van der Waals surface area contributed by atoms with Gasteiger partial charge in [-0.15, -0.1) is 0 Å². The summed E-state index contributed by atoms with van der Waals surface area (Å²) in [5, 5.41) is 0. The van der Waals surface area contributed by atoms with Gasteiger partial charge in [0.15, 0.2) is 0 Å². The van der Waals surface area contributed by atoms with E-state index in [2.05, 4.69) is 4.90 Å². The number of carbonyl (C=O) groups excluding carboxylic acids is 2. The topological polar surface area (TPSA) is 53.1 Å². The van der Waals surface area contributed by atoms with Gasteiger partial charge >= 0.3 is 6.18 Å². The number of benzene rings is 2. The van der Waals surface area contributed by atoms with E-state index in [9.17, 15) is 22.8 Å². The molecule has 0 bridgehead atoms. The Bertz CT molecular complexity index is 1030. The molecular weight excluding hydrogens is 471 g/mol. The van der Waals surface area contributed by atoms with Gasteiger partial charge in [-0.3, -0.25) is 14.5 Å². The molecule has 0 radical (unpaired) electrons. The molecule has 4 rings (SSSR count). The normalized spacial score (nSPS) is 17.6. The number of hydrogen-bond donors (Lipinski definition) is 0. The van der Waals surface area contributed by atoms with Crippen LogP contribution >= 0.6 is 0 Å². The number of anilines is 1. The van der Waals surface area contributed by atoms with Gasteiger partial charge in [-0.05, 0) is 87.3 Å². The maximum atomic E-state index is 13.5. The van der Waals surface area contributed by atoms with Gasteiger partial charge in [0.05, 0.1) is 19.2 Å². The van der Waals surface area contributed by atoms with E-state index >= 15 is 0 Å². The summed E-state index contributed by atoms with van der Waals surface area (Å²) in [6.45, 7) is 3.05. The maximum Gasteiger partial charge on any atom is 0.416 e. The summed E-state index contributed by atoms with van der Waals surface area (Å²) in [5.41, 5.74) is 0.250. The number of ether oxygens (including phenoxy) is 1. The molecule has 0 aliphatic carbocycles. The molecule has 36 heavy (non-hydrogen) atoms. The van der Waals surface area contributed by atoms with Gasteiger partial charge in [-0.1, -0.05) is 6.42 Å². The van der Waals surface area contributed by atoms with Crippen LogP contribution in [-0.4, -0.2) is 67.5 Å². The Morgan fingerprint density at radius 3 is 2.08 bits per heavy atom. The SMILES string of the molecule is COc1ccc(N(C(=O)CN2CCCCC2)C2CCN(C(=O)c3ccc(C(F)(F)F)cc3)CC2)cc1. The lowest BCUT2D eigenvalue weighted by molar-refractivity contribution is -0.137. The number of hydrogen-bond acceptors (Lipinski definition) is 4. The Hall–Kier alpha value is -3.07. The molecular formula is C27H32F3N3O3. The van der Waals surface area contributed by atoms with Crippen LogP contribution in [0.3, 0.4) is 0 Å². The number of piperidine rings is 2. The van der Waals surface area contributed by atoms with Gasteiger partial charge < -0.3 is 14.5 Å². The Balaban J connectivity index is 1.44. The van der Waals surface area contributed by atoms with E-state index in [-0.39, 0.29) is 23.4 Å². The first kappa shape index (κ1) is 26.0. The second kappa shape index (κ2) is 11.3. The first-order valence-electron chi connectivity index (χ1n) is 12.4. The highest BCUT2D eigenvalue weighted by molar-refractivity contribution is 5.96. The highest BCUT2D eigenvalue weighted by atomic mass is 19.4. The molecule has 0 unspecified atom stereocenters. The molecule has 2 aromatic carbocycles. The van der Waals surface area contributed by atoms with Crippen molar-refractivity contribution in [2.24, 2.45) is 0 Å². The van der Waals surface area contributed by atoms with Crippen LogP contribution in [0.1, 0.15) is 48.0 Å². The zero-order valence-corrected chi connectivity index (χ0v) is 20.5. The summed E-state index contributed by atoms with van der Waals surface area (Å²) < 4.78 is 43.8. The summed E-state index contributed by atoms with van der Waals surface area (Å²) in [6, 6.07) is 11.7. The largest absolute Gasteiger partial charge is 0.497 e. The van der Waals surface area contributed by atoms with Gasteiger partial charge in [0.2, 0.25) is 5.91 Å². The number of likely N-dealkylation sites (tertiary alicyclic amines) is 2. The average Bonchev–Trinajstić information content (AvgIpc) is 2.89. The molecule has 0 atom stereocenters. The van der Waals surface area contributed by atoms with E-state index in [4.69, 9.17) is 4.74 Å². The second-order valence-electron chi connectivity index (χ2n) is 9.40. The van der Waals surface area contributed by atoms with E-state index in [1.807, 2.05) is 29.2 Å². The Labute approximate surface area is 209 Å². The van der Waals surface area contributed by atoms with Crippen molar-refractivity contribution in [3.63, 3.8) is 0 Å². The molecule has 2 saturated heterocycles. The lowest BCUT2D eigenvalue weighted by Crippen LogP contribution is -2.51. The monoisotopic (exact) mass is 503 g/mol. The number of carbonyl (C=O) groups is 2. The van der Waals surface area contributed by atoms with Gasteiger partial charge in [0.25, 0.3) is 5.91 Å². The van der Waals surface area contributed by atoms with Crippen molar-refractivity contribution in [3.05, 3.63) is 59.7 Å². The Morgan fingerprint density at radius 2 is 1.53 bits per heavy atom. The van der Waals surface area contributed by atoms with Gasteiger partial charge in [-0.25, -0.2) is 0 Å². The van der Waals surface area contributed by atoms with Crippen LogP contribution in [0.4, 0.5) is 18.9 Å². The summed E-state index contributed by atoms with van der Waals surface area (Å²) in [6.07, 6.45) is 0.124. The van der Waals surface area contributed by atoms with E-state index < -0.39 is 11.7 Å². The van der Waals surface area contributed by atoms with Crippen LogP contribution in [0.25, 0.3) is 0 Å². The zero-order valence-electron chi connectivity index (χ0n) is 20.5. The van der Waals surface area contributed by atoms with E-state index in [0.717, 1.165) is 43.8 Å². The van der Waals surface area contributed by atoms with Crippen molar-refractivity contribution in [2.75, 3.05) is 44.7 Å². The van der Waals surface area contributed by atoms with Gasteiger partial charge in [0.1, 0.15) is 5.75 Å². The Morgan fingerprint density at radius 1 is 0.917 bits per heavy atom. The molecule has 0 saturated carbocycles. The predicted molar refractivity (Wildman–Crippen MR) is 131 cm³/mol. The molecule has 2 heterocycles. The minimum atomic E-state index is -4.44. The van der Waals surface area contributed by atoms with Crippen molar-refractivity contribution in [3.8, 4) is 5.75 Å². The fourth-order valence-corrected chi connectivity index (χ4v) is 5.00. The van der Waals surface area contributed by atoms with Gasteiger partial charge in [-0.2, -0.15) is 13.2 Å². The first-order chi connectivity index (χ1) is 17.3. The summed E-state index contributed by atoms with van der Waals surface area (Å²) in [4.78, 5) is 32.1. The van der Waals surface area contributed by atoms with Crippen LogP contribution in [0.2, 0.25) is 0 Å². The van der Waals surface area contributed by atoms with E-state index in [0.29, 0.717) is 38.2 Å². The molecule has 0 spiro atoms.